The van der Waals surface area contributed by atoms with E-state index in [2.05, 4.69) is 29.9 Å². The molecule has 1 fully saturated rings. The van der Waals surface area contributed by atoms with Crippen molar-refractivity contribution < 1.29 is 8.42 Å². The topological polar surface area (TPSA) is 55.2 Å². The fourth-order valence-electron chi connectivity index (χ4n) is 3.01. The predicted molar refractivity (Wildman–Crippen MR) is 88.8 cm³/mol. The van der Waals surface area contributed by atoms with Crippen molar-refractivity contribution in [1.29, 1.82) is 0 Å². The number of nitrogens with zero attached hydrogens (tertiary/aromatic N) is 3. The Hall–Kier alpha value is -1.18. The standard InChI is InChI=1S/C15H21N3O2S2/c1-11-6-13(12(2)21-11)9-18-4-5-22(19,20)10-15(18)14-7-16-17(3)8-14/h6-8,15H,4-5,9-10H2,1-3H3/t15-/m0/s1. The van der Waals surface area contributed by atoms with Crippen molar-refractivity contribution in [3.05, 3.63) is 39.3 Å². The minimum Gasteiger partial charge on any atom is -0.290 e. The Bertz CT molecular complexity index is 777. The Morgan fingerprint density at radius 1 is 1.41 bits per heavy atom. The van der Waals surface area contributed by atoms with Crippen LogP contribution in [0.1, 0.15) is 26.9 Å². The van der Waals surface area contributed by atoms with Gasteiger partial charge in [0.1, 0.15) is 0 Å². The van der Waals surface area contributed by atoms with E-state index in [9.17, 15) is 8.42 Å². The summed E-state index contributed by atoms with van der Waals surface area (Å²) in [5, 5.41) is 4.20. The highest BCUT2D eigenvalue weighted by Crippen LogP contribution is 2.30. The van der Waals surface area contributed by atoms with E-state index < -0.39 is 9.84 Å². The molecule has 0 aromatic carbocycles. The number of aromatic nitrogens is 2. The zero-order valence-corrected chi connectivity index (χ0v) is 14.7. The van der Waals surface area contributed by atoms with Gasteiger partial charge in [-0.25, -0.2) is 8.42 Å². The first-order valence-corrected chi connectivity index (χ1v) is 9.97. The summed E-state index contributed by atoms with van der Waals surface area (Å²) in [6.45, 7) is 5.62. The highest BCUT2D eigenvalue weighted by molar-refractivity contribution is 7.91. The molecule has 0 bridgehead atoms. The van der Waals surface area contributed by atoms with Crippen LogP contribution >= 0.6 is 11.3 Å². The minimum atomic E-state index is -2.98. The summed E-state index contributed by atoms with van der Waals surface area (Å²) in [5.41, 5.74) is 2.28. The SMILES string of the molecule is Cc1cc(CN2CCS(=O)(=O)C[C@H]2c2cnn(C)c2)c(C)s1. The summed E-state index contributed by atoms with van der Waals surface area (Å²) < 4.78 is 25.8. The van der Waals surface area contributed by atoms with Crippen LogP contribution in [0, 0.1) is 13.8 Å². The summed E-state index contributed by atoms with van der Waals surface area (Å²) in [6, 6.07) is 2.11. The molecule has 1 atom stereocenters. The molecular formula is C15H21N3O2S2. The van der Waals surface area contributed by atoms with Crippen molar-refractivity contribution in [3.8, 4) is 0 Å². The predicted octanol–water partition coefficient (Wildman–Crippen LogP) is 2.07. The van der Waals surface area contributed by atoms with Crippen LogP contribution in [0.4, 0.5) is 0 Å². The maximum atomic E-state index is 12.1. The van der Waals surface area contributed by atoms with Crippen molar-refractivity contribution in [2.45, 2.75) is 26.4 Å². The lowest BCUT2D eigenvalue weighted by Gasteiger charge is -2.35. The lowest BCUT2D eigenvalue weighted by atomic mass is 10.1. The lowest BCUT2D eigenvalue weighted by Crippen LogP contribution is -2.42. The first-order valence-electron chi connectivity index (χ1n) is 7.33. The van der Waals surface area contributed by atoms with E-state index in [1.165, 1.54) is 15.3 Å². The number of aryl methyl sites for hydroxylation is 3. The minimum absolute atomic E-state index is 0.105. The average Bonchev–Trinajstić information content (AvgIpc) is 2.98. The molecular weight excluding hydrogens is 318 g/mol. The average molecular weight is 339 g/mol. The Balaban J connectivity index is 1.89. The van der Waals surface area contributed by atoms with Gasteiger partial charge in [-0.1, -0.05) is 0 Å². The molecule has 1 aliphatic heterocycles. The molecule has 0 spiro atoms. The van der Waals surface area contributed by atoms with Gasteiger partial charge in [-0.3, -0.25) is 9.58 Å². The summed E-state index contributed by atoms with van der Waals surface area (Å²) in [6.07, 6.45) is 3.70. The second kappa shape index (κ2) is 5.79. The fraction of sp³-hybridized carbons (Fsp3) is 0.533. The van der Waals surface area contributed by atoms with E-state index in [0.717, 1.165) is 12.1 Å². The molecule has 0 amide bonds. The molecule has 7 heteroatoms. The van der Waals surface area contributed by atoms with Crippen molar-refractivity contribution >= 4 is 21.2 Å². The van der Waals surface area contributed by atoms with Gasteiger partial charge >= 0.3 is 0 Å². The number of hydrogen-bond acceptors (Lipinski definition) is 5. The highest BCUT2D eigenvalue weighted by Gasteiger charge is 2.33. The van der Waals surface area contributed by atoms with Crippen LogP contribution in [0.2, 0.25) is 0 Å². The van der Waals surface area contributed by atoms with Crippen LogP contribution in [-0.2, 0) is 23.4 Å². The summed E-state index contributed by atoms with van der Waals surface area (Å²) in [4.78, 5) is 4.89. The van der Waals surface area contributed by atoms with Gasteiger partial charge < -0.3 is 0 Å². The third kappa shape index (κ3) is 3.26. The highest BCUT2D eigenvalue weighted by atomic mass is 32.2. The Morgan fingerprint density at radius 2 is 2.18 bits per heavy atom. The smallest absolute Gasteiger partial charge is 0.153 e. The van der Waals surface area contributed by atoms with Gasteiger partial charge in [-0.15, -0.1) is 11.3 Å². The van der Waals surface area contributed by atoms with Gasteiger partial charge in [0.2, 0.25) is 0 Å². The van der Waals surface area contributed by atoms with Crippen molar-refractivity contribution in [3.63, 3.8) is 0 Å². The molecule has 22 heavy (non-hydrogen) atoms. The van der Waals surface area contributed by atoms with Crippen molar-refractivity contribution in [2.75, 3.05) is 18.1 Å². The zero-order chi connectivity index (χ0) is 15.9. The van der Waals surface area contributed by atoms with Gasteiger partial charge in [-0.05, 0) is 25.5 Å². The molecule has 1 aliphatic rings. The normalized spacial score (nSPS) is 22.0. The maximum Gasteiger partial charge on any atom is 0.153 e. The van der Waals surface area contributed by atoms with Gasteiger partial charge in [0.15, 0.2) is 9.84 Å². The largest absolute Gasteiger partial charge is 0.290 e. The van der Waals surface area contributed by atoms with Gasteiger partial charge in [0.25, 0.3) is 0 Å². The lowest BCUT2D eigenvalue weighted by molar-refractivity contribution is 0.206. The van der Waals surface area contributed by atoms with Crippen molar-refractivity contribution in [1.82, 2.24) is 14.7 Å². The molecule has 3 rings (SSSR count). The quantitative estimate of drug-likeness (QED) is 0.859. The zero-order valence-electron chi connectivity index (χ0n) is 13.1. The Kier molecular flexibility index (Phi) is 4.13. The van der Waals surface area contributed by atoms with E-state index in [1.807, 2.05) is 13.2 Å². The van der Waals surface area contributed by atoms with E-state index in [-0.39, 0.29) is 17.5 Å². The Labute approximate surface area is 135 Å². The van der Waals surface area contributed by atoms with Crippen LogP contribution in [0.3, 0.4) is 0 Å². The second-order valence-corrected chi connectivity index (χ2v) is 9.68. The Morgan fingerprint density at radius 3 is 2.77 bits per heavy atom. The van der Waals surface area contributed by atoms with Crippen LogP contribution in [0.15, 0.2) is 18.5 Å². The molecule has 2 aromatic heterocycles. The van der Waals surface area contributed by atoms with Crippen LogP contribution < -0.4 is 0 Å². The summed E-state index contributed by atoms with van der Waals surface area (Å²) in [5.74, 6) is 0.423. The van der Waals surface area contributed by atoms with E-state index in [1.54, 1.807) is 22.2 Å². The van der Waals surface area contributed by atoms with E-state index >= 15 is 0 Å². The molecule has 1 saturated heterocycles. The number of rotatable bonds is 3. The number of hydrogen-bond donors (Lipinski definition) is 0. The summed E-state index contributed by atoms with van der Waals surface area (Å²) >= 11 is 1.80. The molecule has 0 saturated carbocycles. The molecule has 5 nitrogen and oxygen atoms in total. The molecule has 0 unspecified atom stereocenters. The maximum absolute atomic E-state index is 12.1. The number of thiophene rings is 1. The van der Waals surface area contributed by atoms with Crippen LogP contribution in [-0.4, -0.2) is 41.1 Å². The second-order valence-electron chi connectivity index (χ2n) is 5.99. The van der Waals surface area contributed by atoms with Crippen LogP contribution in [0.5, 0.6) is 0 Å². The third-order valence-electron chi connectivity index (χ3n) is 4.17. The molecule has 0 N–H and O–H groups in total. The monoisotopic (exact) mass is 339 g/mol. The van der Waals surface area contributed by atoms with Gasteiger partial charge in [0.05, 0.1) is 23.7 Å². The number of sulfone groups is 1. The molecule has 0 radical (unpaired) electrons. The van der Waals surface area contributed by atoms with E-state index in [0.29, 0.717) is 6.54 Å². The first kappa shape index (κ1) is 15.7. The van der Waals surface area contributed by atoms with Crippen LogP contribution in [0.25, 0.3) is 0 Å². The third-order valence-corrected chi connectivity index (χ3v) is 6.81. The summed E-state index contributed by atoms with van der Waals surface area (Å²) in [7, 11) is -1.12. The van der Waals surface area contributed by atoms with Gasteiger partial charge in [0, 0.05) is 41.7 Å². The molecule has 120 valence electrons. The van der Waals surface area contributed by atoms with E-state index in [4.69, 9.17) is 0 Å². The van der Waals surface area contributed by atoms with Crippen molar-refractivity contribution in [2.24, 2.45) is 7.05 Å². The van der Waals surface area contributed by atoms with Gasteiger partial charge in [-0.2, -0.15) is 5.10 Å². The fourth-order valence-corrected chi connectivity index (χ4v) is 5.51. The first-order chi connectivity index (χ1) is 10.3. The molecule has 2 aromatic rings. The molecule has 0 aliphatic carbocycles. The molecule has 3 heterocycles.